The number of hydrogen-bond acceptors (Lipinski definition) is 1. The molecule has 4 aliphatic carbocycles. The molecule has 5 rings (SSSR count). The van der Waals surface area contributed by atoms with E-state index in [1.807, 2.05) is 18.5 Å². The third-order valence-corrected chi connectivity index (χ3v) is 6.31. The van der Waals surface area contributed by atoms with E-state index in [-0.39, 0.29) is 5.41 Å². The van der Waals surface area contributed by atoms with Gasteiger partial charge in [0.25, 0.3) is 0 Å². The largest absolute Gasteiger partial charge is 0.478 e. The average Bonchev–Trinajstić information content (AvgIpc) is 2.65. The van der Waals surface area contributed by atoms with Crippen LogP contribution < -0.4 is 0 Å². The molecule has 1 aromatic rings. The van der Waals surface area contributed by atoms with E-state index >= 15 is 0 Å². The van der Waals surface area contributed by atoms with Gasteiger partial charge >= 0.3 is 5.97 Å². The molecule has 4 bridgehead atoms. The molecule has 108 valence electrons. The van der Waals surface area contributed by atoms with Crippen molar-refractivity contribution < 1.29 is 9.90 Å². The SMILES string of the molecule is Cc1c(C(=O)O)c(C23CC4CC(CC(C4)C2)C3)cn1C. The zero-order chi connectivity index (χ0) is 14.1. The van der Waals surface area contributed by atoms with Gasteiger partial charge in [-0.3, -0.25) is 0 Å². The molecule has 0 amide bonds. The number of nitrogens with zero attached hydrogens (tertiary/aromatic N) is 1. The first-order valence-corrected chi connectivity index (χ1v) is 7.88. The fraction of sp³-hybridized carbons (Fsp3) is 0.706. The Morgan fingerprint density at radius 3 is 2.15 bits per heavy atom. The minimum atomic E-state index is -0.742. The Bertz CT molecular complexity index is 549. The number of carboxylic acids is 1. The summed E-state index contributed by atoms with van der Waals surface area (Å²) in [6.07, 6.45) is 9.98. The van der Waals surface area contributed by atoms with E-state index < -0.39 is 5.97 Å². The predicted molar refractivity (Wildman–Crippen MR) is 77.0 cm³/mol. The van der Waals surface area contributed by atoms with Crippen LogP contribution in [-0.4, -0.2) is 15.6 Å². The molecular formula is C17H23NO2. The van der Waals surface area contributed by atoms with Gasteiger partial charge in [0.15, 0.2) is 0 Å². The van der Waals surface area contributed by atoms with Gasteiger partial charge in [-0.25, -0.2) is 4.79 Å². The lowest BCUT2D eigenvalue weighted by atomic mass is 9.48. The van der Waals surface area contributed by atoms with Crippen molar-refractivity contribution in [2.75, 3.05) is 0 Å². The Labute approximate surface area is 120 Å². The number of rotatable bonds is 2. The second kappa shape index (κ2) is 3.90. The molecule has 0 spiro atoms. The summed E-state index contributed by atoms with van der Waals surface area (Å²) in [5, 5.41) is 9.65. The maximum atomic E-state index is 11.7. The fourth-order valence-electron chi connectivity index (χ4n) is 5.84. The zero-order valence-electron chi connectivity index (χ0n) is 12.4. The first-order valence-electron chi connectivity index (χ1n) is 7.88. The van der Waals surface area contributed by atoms with Crippen molar-refractivity contribution in [3.63, 3.8) is 0 Å². The van der Waals surface area contributed by atoms with Gasteiger partial charge in [-0.1, -0.05) is 0 Å². The maximum Gasteiger partial charge on any atom is 0.337 e. The molecule has 3 nitrogen and oxygen atoms in total. The Balaban J connectivity index is 1.85. The van der Waals surface area contributed by atoms with Crippen LogP contribution in [0.15, 0.2) is 6.20 Å². The molecule has 20 heavy (non-hydrogen) atoms. The van der Waals surface area contributed by atoms with Crippen LogP contribution in [0.4, 0.5) is 0 Å². The molecule has 0 aliphatic heterocycles. The van der Waals surface area contributed by atoms with Crippen LogP contribution in [-0.2, 0) is 12.5 Å². The van der Waals surface area contributed by atoms with E-state index in [0.717, 1.165) is 29.0 Å². The van der Waals surface area contributed by atoms with E-state index in [2.05, 4.69) is 6.20 Å². The summed E-state index contributed by atoms with van der Waals surface area (Å²) in [7, 11) is 1.98. The van der Waals surface area contributed by atoms with Gasteiger partial charge in [-0.2, -0.15) is 0 Å². The van der Waals surface area contributed by atoms with Gasteiger partial charge in [-0.15, -0.1) is 0 Å². The summed E-state index contributed by atoms with van der Waals surface area (Å²) in [6.45, 7) is 1.94. The highest BCUT2D eigenvalue weighted by molar-refractivity contribution is 5.91. The van der Waals surface area contributed by atoms with Crippen molar-refractivity contribution in [1.82, 2.24) is 4.57 Å². The Hall–Kier alpha value is -1.25. The fourth-order valence-corrected chi connectivity index (χ4v) is 5.84. The molecule has 3 heteroatoms. The summed E-state index contributed by atoms with van der Waals surface area (Å²) in [5.41, 5.74) is 2.82. The van der Waals surface area contributed by atoms with Crippen LogP contribution in [0.25, 0.3) is 0 Å². The molecule has 0 radical (unpaired) electrons. The minimum absolute atomic E-state index is 0.175. The van der Waals surface area contributed by atoms with Crippen LogP contribution in [0.3, 0.4) is 0 Å². The van der Waals surface area contributed by atoms with Crippen LogP contribution in [0.2, 0.25) is 0 Å². The average molecular weight is 273 g/mol. The molecule has 0 saturated heterocycles. The third kappa shape index (κ3) is 1.55. The molecule has 0 aromatic carbocycles. The molecular weight excluding hydrogens is 250 g/mol. The second-order valence-electron chi connectivity index (χ2n) is 7.62. The lowest BCUT2D eigenvalue weighted by molar-refractivity contribution is -0.00578. The number of aromatic nitrogens is 1. The van der Waals surface area contributed by atoms with E-state index in [1.165, 1.54) is 38.5 Å². The lowest BCUT2D eigenvalue weighted by Gasteiger charge is -2.57. The summed E-state index contributed by atoms with van der Waals surface area (Å²) in [4.78, 5) is 11.7. The molecule has 1 N–H and O–H groups in total. The molecule has 4 fully saturated rings. The van der Waals surface area contributed by atoms with Crippen LogP contribution >= 0.6 is 0 Å². The number of carbonyl (C=O) groups is 1. The number of carboxylic acid groups (broad SMARTS) is 1. The van der Waals surface area contributed by atoms with Gasteiger partial charge in [0.2, 0.25) is 0 Å². The second-order valence-corrected chi connectivity index (χ2v) is 7.62. The summed E-state index contributed by atoms with van der Waals surface area (Å²) in [5.74, 6) is 1.81. The van der Waals surface area contributed by atoms with Crippen molar-refractivity contribution >= 4 is 5.97 Å². The smallest absolute Gasteiger partial charge is 0.337 e. The van der Waals surface area contributed by atoms with Gasteiger partial charge in [0, 0.05) is 18.9 Å². The molecule has 4 aliphatic rings. The first-order chi connectivity index (χ1) is 9.48. The Morgan fingerprint density at radius 1 is 1.20 bits per heavy atom. The number of aryl methyl sites for hydroxylation is 1. The third-order valence-electron chi connectivity index (χ3n) is 6.31. The molecule has 0 unspecified atom stereocenters. The highest BCUT2D eigenvalue weighted by atomic mass is 16.4. The van der Waals surface area contributed by atoms with E-state index in [0.29, 0.717) is 5.56 Å². The Kier molecular flexibility index (Phi) is 2.43. The van der Waals surface area contributed by atoms with Gasteiger partial charge < -0.3 is 9.67 Å². The summed E-state index contributed by atoms with van der Waals surface area (Å²) >= 11 is 0. The maximum absolute atomic E-state index is 11.7. The first kappa shape index (κ1) is 12.5. The van der Waals surface area contributed by atoms with E-state index in [1.54, 1.807) is 0 Å². The van der Waals surface area contributed by atoms with Crippen molar-refractivity contribution in [3.05, 3.63) is 23.0 Å². The lowest BCUT2D eigenvalue weighted by Crippen LogP contribution is -2.48. The number of aromatic carboxylic acids is 1. The van der Waals surface area contributed by atoms with Crippen molar-refractivity contribution in [2.45, 2.75) is 50.9 Å². The normalized spacial score (nSPS) is 38.4. The van der Waals surface area contributed by atoms with Gasteiger partial charge in [0.05, 0.1) is 5.56 Å². The van der Waals surface area contributed by atoms with E-state index in [4.69, 9.17) is 0 Å². The van der Waals surface area contributed by atoms with Gasteiger partial charge in [0.1, 0.15) is 0 Å². The van der Waals surface area contributed by atoms with Crippen molar-refractivity contribution in [1.29, 1.82) is 0 Å². The van der Waals surface area contributed by atoms with Crippen LogP contribution in [0.5, 0.6) is 0 Å². The van der Waals surface area contributed by atoms with Crippen LogP contribution in [0.1, 0.15) is 60.1 Å². The quantitative estimate of drug-likeness (QED) is 0.896. The Morgan fingerprint density at radius 2 is 1.70 bits per heavy atom. The van der Waals surface area contributed by atoms with Crippen LogP contribution in [0, 0.1) is 24.7 Å². The minimum Gasteiger partial charge on any atom is -0.478 e. The van der Waals surface area contributed by atoms with Crippen molar-refractivity contribution in [2.24, 2.45) is 24.8 Å². The highest BCUT2D eigenvalue weighted by Crippen LogP contribution is 2.61. The topological polar surface area (TPSA) is 42.2 Å². The molecule has 1 heterocycles. The monoisotopic (exact) mass is 273 g/mol. The van der Waals surface area contributed by atoms with Crippen molar-refractivity contribution in [3.8, 4) is 0 Å². The van der Waals surface area contributed by atoms with E-state index in [9.17, 15) is 9.90 Å². The zero-order valence-corrected chi connectivity index (χ0v) is 12.4. The van der Waals surface area contributed by atoms with Gasteiger partial charge in [-0.05, 0) is 74.2 Å². The molecule has 1 aromatic heterocycles. The standard InChI is InChI=1S/C17H23NO2/c1-10-15(16(19)20)14(9-18(10)2)17-6-11-3-12(7-17)5-13(4-11)8-17/h9,11-13H,3-8H2,1-2H3,(H,19,20). The summed E-state index contributed by atoms with van der Waals surface area (Å²) < 4.78 is 2.01. The molecule has 4 saturated carbocycles. The predicted octanol–water partition coefficient (Wildman–Crippen LogP) is 3.50. The number of hydrogen-bond donors (Lipinski definition) is 1. The molecule has 0 atom stereocenters. The highest BCUT2D eigenvalue weighted by Gasteiger charge is 2.53. The summed E-state index contributed by atoms with van der Waals surface area (Å²) in [6, 6.07) is 0.